The summed E-state index contributed by atoms with van der Waals surface area (Å²) >= 11 is 1.49. The first kappa shape index (κ1) is 19.1. The molecule has 0 radical (unpaired) electrons. The van der Waals surface area contributed by atoms with Crippen molar-refractivity contribution in [1.29, 1.82) is 0 Å². The topological polar surface area (TPSA) is 93.8 Å². The number of urea groups is 1. The highest BCUT2D eigenvalue weighted by Crippen LogP contribution is 2.32. The van der Waals surface area contributed by atoms with E-state index >= 15 is 0 Å². The Morgan fingerprint density at radius 2 is 1.87 bits per heavy atom. The Morgan fingerprint density at radius 3 is 2.57 bits per heavy atom. The number of primary amides is 1. The molecule has 2 amide bonds. The smallest absolute Gasteiger partial charge is 0.314 e. The molecule has 3 aromatic rings. The summed E-state index contributed by atoms with van der Waals surface area (Å²) in [5.74, 6) is 1.52. The molecule has 2 atom stereocenters. The zero-order valence-corrected chi connectivity index (χ0v) is 17.3. The van der Waals surface area contributed by atoms with Gasteiger partial charge in [0.15, 0.2) is 0 Å². The average molecular weight is 426 g/mol. The molecule has 0 saturated carbocycles. The monoisotopic (exact) mass is 425 g/mol. The van der Waals surface area contributed by atoms with Crippen LogP contribution in [0, 0.1) is 0 Å². The highest BCUT2D eigenvalue weighted by molar-refractivity contribution is 7.20. The van der Waals surface area contributed by atoms with Gasteiger partial charge < -0.3 is 20.1 Å². The normalized spacial score (nSPS) is 21.1. The third-order valence-corrected chi connectivity index (χ3v) is 6.68. The minimum Gasteiger partial charge on any atom is -0.492 e. The zero-order valence-electron chi connectivity index (χ0n) is 16.4. The van der Waals surface area contributed by atoms with Crippen molar-refractivity contribution in [1.82, 2.24) is 19.8 Å². The number of hydrogen-bond donors (Lipinski definition) is 1. The summed E-state index contributed by atoms with van der Waals surface area (Å²) in [6.07, 6.45) is 5.71. The van der Waals surface area contributed by atoms with Gasteiger partial charge in [0.1, 0.15) is 23.6 Å². The van der Waals surface area contributed by atoms with Crippen LogP contribution in [-0.4, -0.2) is 64.1 Å². The van der Waals surface area contributed by atoms with Crippen LogP contribution in [0.2, 0.25) is 0 Å². The van der Waals surface area contributed by atoms with Crippen molar-refractivity contribution in [2.24, 2.45) is 5.73 Å². The number of carbonyl (C=O) groups is 1. The number of likely N-dealkylation sites (tertiary alicyclic amines) is 1. The molecule has 2 N–H and O–H groups in total. The van der Waals surface area contributed by atoms with Gasteiger partial charge in [0.25, 0.3) is 5.19 Å². The van der Waals surface area contributed by atoms with Gasteiger partial charge in [-0.1, -0.05) is 11.3 Å². The van der Waals surface area contributed by atoms with Crippen LogP contribution in [0.5, 0.6) is 16.7 Å². The van der Waals surface area contributed by atoms with E-state index < -0.39 is 0 Å². The predicted molar refractivity (Wildman–Crippen MR) is 114 cm³/mol. The van der Waals surface area contributed by atoms with Crippen LogP contribution >= 0.6 is 11.3 Å². The van der Waals surface area contributed by atoms with Gasteiger partial charge in [-0.15, -0.1) is 0 Å². The fourth-order valence-corrected chi connectivity index (χ4v) is 5.11. The third-order valence-electron chi connectivity index (χ3n) is 5.76. The maximum Gasteiger partial charge on any atom is 0.314 e. The van der Waals surface area contributed by atoms with Crippen molar-refractivity contribution in [3.8, 4) is 16.7 Å². The lowest BCUT2D eigenvalue weighted by Gasteiger charge is -2.40. The minimum absolute atomic E-state index is 0.312. The second-order valence-electron chi connectivity index (χ2n) is 7.61. The van der Waals surface area contributed by atoms with Crippen LogP contribution in [0.15, 0.2) is 42.7 Å². The van der Waals surface area contributed by atoms with E-state index in [0.29, 0.717) is 23.9 Å². The van der Waals surface area contributed by atoms with E-state index in [1.54, 1.807) is 17.3 Å². The van der Waals surface area contributed by atoms with Crippen LogP contribution < -0.4 is 15.2 Å². The first-order valence-electron chi connectivity index (χ1n) is 10.1. The molecule has 156 valence electrons. The summed E-state index contributed by atoms with van der Waals surface area (Å²) in [7, 11) is 0. The second kappa shape index (κ2) is 8.08. The molecule has 8 nitrogen and oxygen atoms in total. The Kier molecular flexibility index (Phi) is 5.14. The van der Waals surface area contributed by atoms with Crippen LogP contribution in [0.4, 0.5) is 4.79 Å². The van der Waals surface area contributed by atoms with Crippen molar-refractivity contribution < 1.29 is 14.3 Å². The molecule has 2 aliphatic heterocycles. The van der Waals surface area contributed by atoms with Crippen LogP contribution in [-0.2, 0) is 0 Å². The maximum atomic E-state index is 11.5. The quantitative estimate of drug-likeness (QED) is 0.652. The van der Waals surface area contributed by atoms with Gasteiger partial charge in [-0.2, -0.15) is 0 Å². The molecule has 1 aromatic carbocycles. The number of nitrogens with two attached hydrogens (primary N) is 1. The maximum absolute atomic E-state index is 11.5. The van der Waals surface area contributed by atoms with Crippen molar-refractivity contribution >= 4 is 27.6 Å². The van der Waals surface area contributed by atoms with E-state index in [1.165, 1.54) is 11.3 Å². The Bertz CT molecular complexity index is 994. The number of amides is 2. The first-order valence-corrected chi connectivity index (χ1v) is 10.9. The number of piperazine rings is 1. The number of rotatable bonds is 6. The van der Waals surface area contributed by atoms with Crippen LogP contribution in [0.3, 0.4) is 0 Å². The van der Waals surface area contributed by atoms with Gasteiger partial charge in [0.05, 0.1) is 10.9 Å². The van der Waals surface area contributed by atoms with Crippen LogP contribution in [0.1, 0.15) is 12.8 Å². The van der Waals surface area contributed by atoms with E-state index in [2.05, 4.69) is 14.9 Å². The molecule has 2 fully saturated rings. The Hall–Kier alpha value is -2.91. The number of hydrogen-bond acceptors (Lipinski definition) is 7. The molecule has 9 heteroatoms. The van der Waals surface area contributed by atoms with Crippen LogP contribution in [0.25, 0.3) is 10.2 Å². The van der Waals surface area contributed by atoms with Gasteiger partial charge in [0, 0.05) is 37.9 Å². The molecule has 2 saturated heterocycles. The number of thiazole rings is 1. The predicted octanol–water partition coefficient (Wildman–Crippen LogP) is 3.09. The molecule has 4 heterocycles. The summed E-state index contributed by atoms with van der Waals surface area (Å²) in [6.45, 7) is 2.90. The molecule has 0 aliphatic carbocycles. The fraction of sp³-hybridized carbons (Fsp3) is 0.381. The van der Waals surface area contributed by atoms with Gasteiger partial charge in [0.2, 0.25) is 0 Å². The van der Waals surface area contributed by atoms with E-state index in [1.807, 2.05) is 30.3 Å². The highest BCUT2D eigenvalue weighted by atomic mass is 32.1. The molecular formula is C21H23N5O3S. The molecule has 0 unspecified atom stereocenters. The molecule has 2 bridgehead atoms. The van der Waals surface area contributed by atoms with E-state index in [0.717, 1.165) is 54.2 Å². The molecule has 2 aromatic heterocycles. The lowest BCUT2D eigenvalue weighted by atomic mass is 10.2. The van der Waals surface area contributed by atoms with Gasteiger partial charge in [-0.3, -0.25) is 9.88 Å². The van der Waals surface area contributed by atoms with E-state index in [4.69, 9.17) is 15.2 Å². The minimum atomic E-state index is -0.312. The Labute approximate surface area is 178 Å². The number of pyridine rings is 1. The summed E-state index contributed by atoms with van der Waals surface area (Å²) in [6, 6.07) is 9.97. The summed E-state index contributed by atoms with van der Waals surface area (Å²) in [4.78, 5) is 24.2. The lowest BCUT2D eigenvalue weighted by Crippen LogP contribution is -2.57. The summed E-state index contributed by atoms with van der Waals surface area (Å²) in [5.41, 5.74) is 6.29. The lowest BCUT2D eigenvalue weighted by molar-refractivity contribution is 0.0735. The molecule has 0 spiro atoms. The number of ether oxygens (including phenoxy) is 2. The van der Waals surface area contributed by atoms with Crippen molar-refractivity contribution in [2.45, 2.75) is 24.9 Å². The van der Waals surface area contributed by atoms with E-state index in [9.17, 15) is 4.79 Å². The largest absolute Gasteiger partial charge is 0.492 e. The molecule has 2 aliphatic rings. The number of nitrogens with zero attached hydrogens (tertiary/aromatic N) is 4. The zero-order chi connectivity index (χ0) is 20.5. The summed E-state index contributed by atoms with van der Waals surface area (Å²) < 4.78 is 12.8. The van der Waals surface area contributed by atoms with Gasteiger partial charge in [-0.25, -0.2) is 9.78 Å². The fourth-order valence-electron chi connectivity index (χ4n) is 4.31. The second-order valence-corrected chi connectivity index (χ2v) is 8.60. The van der Waals surface area contributed by atoms with Crippen molar-refractivity contribution in [2.75, 3.05) is 26.2 Å². The Balaban J connectivity index is 1.13. The average Bonchev–Trinajstić information content (AvgIpc) is 3.25. The van der Waals surface area contributed by atoms with Crippen molar-refractivity contribution in [3.05, 3.63) is 42.7 Å². The van der Waals surface area contributed by atoms with Gasteiger partial charge >= 0.3 is 6.03 Å². The Morgan fingerprint density at radius 1 is 1.13 bits per heavy atom. The molecule has 30 heavy (non-hydrogen) atoms. The van der Waals surface area contributed by atoms with Gasteiger partial charge in [-0.05, 0) is 43.2 Å². The SMILES string of the molecule is NC(=O)N1C[C@H]2CC[C@@H](C1)N2CCOc1ccc(Oc2nc3cnccc3s2)cc1. The molecule has 5 rings (SSSR count). The molecular weight excluding hydrogens is 402 g/mol. The van der Waals surface area contributed by atoms with E-state index in [-0.39, 0.29) is 6.03 Å². The number of carbonyl (C=O) groups excluding carboxylic acids is 1. The summed E-state index contributed by atoms with van der Waals surface area (Å²) in [5, 5.41) is 0.595. The van der Waals surface area contributed by atoms with Crippen molar-refractivity contribution in [3.63, 3.8) is 0 Å². The third kappa shape index (κ3) is 3.90. The number of benzene rings is 1. The first-order chi connectivity index (χ1) is 14.7. The number of aromatic nitrogens is 2. The highest BCUT2D eigenvalue weighted by Gasteiger charge is 2.40. The number of fused-ring (bicyclic) bond motifs is 3. The standard InChI is InChI=1S/C21H23N5O3S/c22-20(27)25-12-14-1-2-15(13-25)26(14)9-10-28-16-3-5-17(6-4-16)29-21-24-18-11-23-8-7-19(18)30-21/h3-8,11,14-15H,1-2,9-10,12-13H2,(H2,22,27)/t14-,15+.